The smallest absolute Gasteiger partial charge is 0.122 e. The van der Waals surface area contributed by atoms with Gasteiger partial charge in [0.2, 0.25) is 0 Å². The molecule has 0 radical (unpaired) electrons. The van der Waals surface area contributed by atoms with Crippen LogP contribution in [0, 0.1) is 0 Å². The van der Waals surface area contributed by atoms with Crippen LogP contribution in [0.2, 0.25) is 0 Å². The number of piperidine rings is 1. The largest absolute Gasteiger partial charge is 0.468 e. The molecule has 2 fully saturated rings. The highest BCUT2D eigenvalue weighted by atomic mass is 16.3. The standard InChI is InChI=1S/C15H25N3O/c1-16-10-15-13(5-9-19-15)11-17-7-8-18-6-3-2-4-14(18)12-17/h5,9,14,16H,2-4,6-8,10-12H2,1H3. The first-order chi connectivity index (χ1) is 9.36. The molecule has 4 heteroatoms. The minimum absolute atomic E-state index is 0.794. The zero-order chi connectivity index (χ0) is 13.1. The van der Waals surface area contributed by atoms with Crippen LogP contribution in [-0.4, -0.2) is 49.1 Å². The average Bonchev–Trinajstić information content (AvgIpc) is 2.86. The number of hydrogen-bond donors (Lipinski definition) is 1. The predicted octanol–water partition coefficient (Wildman–Crippen LogP) is 1.67. The van der Waals surface area contributed by atoms with E-state index < -0.39 is 0 Å². The number of fused-ring (bicyclic) bond motifs is 1. The molecular weight excluding hydrogens is 238 g/mol. The van der Waals surface area contributed by atoms with Gasteiger partial charge in [0.15, 0.2) is 0 Å². The Kier molecular flexibility index (Phi) is 4.21. The molecular formula is C15H25N3O. The first kappa shape index (κ1) is 13.2. The summed E-state index contributed by atoms with van der Waals surface area (Å²) in [5.41, 5.74) is 1.35. The van der Waals surface area contributed by atoms with E-state index >= 15 is 0 Å². The maximum atomic E-state index is 5.55. The van der Waals surface area contributed by atoms with E-state index in [4.69, 9.17) is 4.42 Å². The molecule has 0 aliphatic carbocycles. The van der Waals surface area contributed by atoms with Crippen molar-refractivity contribution in [2.75, 3.05) is 33.2 Å². The van der Waals surface area contributed by atoms with Gasteiger partial charge in [-0.25, -0.2) is 0 Å². The summed E-state index contributed by atoms with van der Waals surface area (Å²) in [5.74, 6) is 1.09. The number of nitrogens with zero attached hydrogens (tertiary/aromatic N) is 2. The molecule has 0 saturated carbocycles. The summed E-state index contributed by atoms with van der Waals surface area (Å²) in [5, 5.41) is 3.17. The molecule has 1 atom stereocenters. The molecule has 3 rings (SSSR count). The topological polar surface area (TPSA) is 31.7 Å². The summed E-state index contributed by atoms with van der Waals surface area (Å²) in [6.07, 6.45) is 6.00. The highest BCUT2D eigenvalue weighted by molar-refractivity contribution is 5.17. The summed E-state index contributed by atoms with van der Waals surface area (Å²) < 4.78 is 5.55. The van der Waals surface area contributed by atoms with Crippen LogP contribution in [0.25, 0.3) is 0 Å². The van der Waals surface area contributed by atoms with Crippen LogP contribution in [-0.2, 0) is 13.1 Å². The van der Waals surface area contributed by atoms with E-state index in [0.717, 1.165) is 24.9 Å². The fraction of sp³-hybridized carbons (Fsp3) is 0.733. The van der Waals surface area contributed by atoms with Gasteiger partial charge in [-0.2, -0.15) is 0 Å². The molecule has 1 aromatic heterocycles. The van der Waals surface area contributed by atoms with Gasteiger partial charge in [-0.3, -0.25) is 9.80 Å². The number of furan rings is 1. The summed E-state index contributed by atoms with van der Waals surface area (Å²) in [6, 6.07) is 2.92. The van der Waals surface area contributed by atoms with Crippen molar-refractivity contribution in [3.05, 3.63) is 23.7 Å². The van der Waals surface area contributed by atoms with Gasteiger partial charge < -0.3 is 9.73 Å². The Labute approximate surface area is 115 Å². The SMILES string of the molecule is CNCc1occc1CN1CCN2CCCCC2C1. The molecule has 2 aliphatic heterocycles. The van der Waals surface area contributed by atoms with Gasteiger partial charge in [0, 0.05) is 37.8 Å². The van der Waals surface area contributed by atoms with Gasteiger partial charge in [-0.15, -0.1) is 0 Å². The molecule has 3 heterocycles. The van der Waals surface area contributed by atoms with E-state index in [1.807, 2.05) is 13.3 Å². The van der Waals surface area contributed by atoms with Gasteiger partial charge >= 0.3 is 0 Å². The Morgan fingerprint density at radius 3 is 3.16 bits per heavy atom. The first-order valence-corrected chi connectivity index (χ1v) is 7.53. The van der Waals surface area contributed by atoms with Gasteiger partial charge in [0.1, 0.15) is 5.76 Å². The van der Waals surface area contributed by atoms with E-state index in [2.05, 4.69) is 21.2 Å². The molecule has 19 heavy (non-hydrogen) atoms. The molecule has 1 N–H and O–H groups in total. The normalized spacial score (nSPS) is 25.4. The first-order valence-electron chi connectivity index (χ1n) is 7.53. The molecule has 2 aliphatic rings. The second kappa shape index (κ2) is 6.07. The minimum atomic E-state index is 0.794. The summed E-state index contributed by atoms with van der Waals surface area (Å²) in [7, 11) is 1.97. The van der Waals surface area contributed by atoms with Crippen molar-refractivity contribution in [3.63, 3.8) is 0 Å². The van der Waals surface area contributed by atoms with Crippen LogP contribution < -0.4 is 5.32 Å². The van der Waals surface area contributed by atoms with Crippen molar-refractivity contribution >= 4 is 0 Å². The Hall–Kier alpha value is -0.840. The van der Waals surface area contributed by atoms with Crippen molar-refractivity contribution in [2.45, 2.75) is 38.4 Å². The Morgan fingerprint density at radius 2 is 2.26 bits per heavy atom. The van der Waals surface area contributed by atoms with E-state index in [9.17, 15) is 0 Å². The summed E-state index contributed by atoms with van der Waals surface area (Å²) in [4.78, 5) is 5.28. The molecule has 0 spiro atoms. The lowest BCUT2D eigenvalue weighted by Crippen LogP contribution is -2.54. The van der Waals surface area contributed by atoms with Gasteiger partial charge in [-0.1, -0.05) is 6.42 Å². The van der Waals surface area contributed by atoms with Crippen molar-refractivity contribution in [1.82, 2.24) is 15.1 Å². The van der Waals surface area contributed by atoms with Gasteiger partial charge in [0.25, 0.3) is 0 Å². The minimum Gasteiger partial charge on any atom is -0.468 e. The predicted molar refractivity (Wildman–Crippen MR) is 76.0 cm³/mol. The zero-order valence-electron chi connectivity index (χ0n) is 11.9. The number of hydrogen-bond acceptors (Lipinski definition) is 4. The molecule has 0 amide bonds. The molecule has 1 aromatic rings. The van der Waals surface area contributed by atoms with Crippen molar-refractivity contribution < 1.29 is 4.42 Å². The second-order valence-electron chi connectivity index (χ2n) is 5.82. The fourth-order valence-corrected chi connectivity index (χ4v) is 3.43. The zero-order valence-corrected chi connectivity index (χ0v) is 11.9. The third kappa shape index (κ3) is 3.02. The Balaban J connectivity index is 1.59. The quantitative estimate of drug-likeness (QED) is 0.895. The Morgan fingerprint density at radius 1 is 1.32 bits per heavy atom. The van der Waals surface area contributed by atoms with E-state index in [1.165, 1.54) is 51.0 Å². The lowest BCUT2D eigenvalue weighted by molar-refractivity contribution is 0.0454. The van der Waals surface area contributed by atoms with Crippen molar-refractivity contribution in [2.24, 2.45) is 0 Å². The van der Waals surface area contributed by atoms with Crippen LogP contribution in [0.15, 0.2) is 16.7 Å². The highest BCUT2D eigenvalue weighted by Gasteiger charge is 2.29. The Bertz CT molecular complexity index is 404. The van der Waals surface area contributed by atoms with E-state index in [-0.39, 0.29) is 0 Å². The molecule has 106 valence electrons. The average molecular weight is 263 g/mol. The van der Waals surface area contributed by atoms with Crippen LogP contribution in [0.5, 0.6) is 0 Å². The molecule has 4 nitrogen and oxygen atoms in total. The van der Waals surface area contributed by atoms with Crippen molar-refractivity contribution in [3.8, 4) is 0 Å². The molecule has 0 aromatic carbocycles. The van der Waals surface area contributed by atoms with Crippen LogP contribution >= 0.6 is 0 Å². The third-order valence-corrected chi connectivity index (χ3v) is 4.49. The maximum Gasteiger partial charge on any atom is 0.122 e. The van der Waals surface area contributed by atoms with E-state index in [1.54, 1.807) is 0 Å². The van der Waals surface area contributed by atoms with Crippen LogP contribution in [0.4, 0.5) is 0 Å². The third-order valence-electron chi connectivity index (χ3n) is 4.49. The van der Waals surface area contributed by atoms with Crippen molar-refractivity contribution in [1.29, 1.82) is 0 Å². The summed E-state index contributed by atoms with van der Waals surface area (Å²) in [6.45, 7) is 6.84. The summed E-state index contributed by atoms with van der Waals surface area (Å²) >= 11 is 0. The van der Waals surface area contributed by atoms with Crippen LogP contribution in [0.1, 0.15) is 30.6 Å². The maximum absolute atomic E-state index is 5.55. The number of rotatable bonds is 4. The monoisotopic (exact) mass is 263 g/mol. The second-order valence-corrected chi connectivity index (χ2v) is 5.82. The van der Waals surface area contributed by atoms with Gasteiger partial charge in [0.05, 0.1) is 12.8 Å². The molecule has 1 unspecified atom stereocenters. The van der Waals surface area contributed by atoms with Gasteiger partial charge in [-0.05, 0) is 32.5 Å². The van der Waals surface area contributed by atoms with Crippen LogP contribution in [0.3, 0.4) is 0 Å². The number of piperazine rings is 1. The highest BCUT2D eigenvalue weighted by Crippen LogP contribution is 2.23. The molecule has 2 saturated heterocycles. The lowest BCUT2D eigenvalue weighted by Gasteiger charge is -2.44. The van der Waals surface area contributed by atoms with E-state index in [0.29, 0.717) is 0 Å². The lowest BCUT2D eigenvalue weighted by atomic mass is 9.99. The number of nitrogens with one attached hydrogen (secondary N) is 1. The fourth-order valence-electron chi connectivity index (χ4n) is 3.43. The molecule has 0 bridgehead atoms.